The van der Waals surface area contributed by atoms with Crippen LogP contribution in [0.2, 0.25) is 5.02 Å². The molecule has 0 saturated carbocycles. The molecule has 0 bridgehead atoms. The van der Waals surface area contributed by atoms with Crippen LogP contribution < -0.4 is 5.32 Å². The number of nitrogens with one attached hydrogen (secondary N) is 1. The van der Waals surface area contributed by atoms with Crippen molar-refractivity contribution in [2.45, 2.75) is 33.2 Å². The number of halogens is 1. The van der Waals surface area contributed by atoms with Gasteiger partial charge in [0.15, 0.2) is 0 Å². The summed E-state index contributed by atoms with van der Waals surface area (Å²) in [6.07, 6.45) is 1.11. The van der Waals surface area contributed by atoms with E-state index in [2.05, 4.69) is 26.1 Å². The second kappa shape index (κ2) is 5.77. The first-order valence-electron chi connectivity index (χ1n) is 5.49. The van der Waals surface area contributed by atoms with Gasteiger partial charge in [-0.15, -0.1) is 0 Å². The van der Waals surface area contributed by atoms with Crippen molar-refractivity contribution in [1.29, 1.82) is 5.26 Å². The summed E-state index contributed by atoms with van der Waals surface area (Å²) in [4.78, 5) is 0. The molecule has 3 heteroatoms. The quantitative estimate of drug-likeness (QED) is 0.856. The zero-order chi connectivity index (χ0) is 12.1. The summed E-state index contributed by atoms with van der Waals surface area (Å²) >= 11 is 5.96. The summed E-state index contributed by atoms with van der Waals surface area (Å²) in [5.74, 6) is 0.663. The van der Waals surface area contributed by atoms with Gasteiger partial charge in [0.05, 0.1) is 10.6 Å². The zero-order valence-electron chi connectivity index (χ0n) is 9.92. The lowest BCUT2D eigenvalue weighted by Crippen LogP contribution is -2.17. The molecule has 0 fully saturated rings. The van der Waals surface area contributed by atoms with Crippen molar-refractivity contribution in [2.75, 3.05) is 5.32 Å². The molecule has 1 rings (SSSR count). The largest absolute Gasteiger partial charge is 0.383 e. The van der Waals surface area contributed by atoms with Gasteiger partial charge >= 0.3 is 0 Å². The van der Waals surface area contributed by atoms with Crippen molar-refractivity contribution in [3.05, 3.63) is 28.8 Å². The summed E-state index contributed by atoms with van der Waals surface area (Å²) in [7, 11) is 0. The molecule has 0 aromatic heterocycles. The third-order valence-electron chi connectivity index (χ3n) is 2.33. The molecule has 16 heavy (non-hydrogen) atoms. The van der Waals surface area contributed by atoms with Gasteiger partial charge in [-0.2, -0.15) is 5.26 Å². The number of hydrogen-bond donors (Lipinski definition) is 1. The molecule has 0 aliphatic rings. The first-order chi connectivity index (χ1) is 7.52. The number of nitrogens with zero attached hydrogens (tertiary/aromatic N) is 1. The molecule has 0 heterocycles. The molecule has 2 nitrogen and oxygen atoms in total. The Bertz CT molecular complexity index is 393. The van der Waals surface area contributed by atoms with Crippen LogP contribution in [0.3, 0.4) is 0 Å². The highest BCUT2D eigenvalue weighted by Crippen LogP contribution is 2.21. The van der Waals surface area contributed by atoms with Crippen molar-refractivity contribution in [3.8, 4) is 6.07 Å². The average Bonchev–Trinajstić information content (AvgIpc) is 2.16. The third-order valence-corrected chi connectivity index (χ3v) is 2.64. The molecular weight excluding hydrogens is 220 g/mol. The van der Waals surface area contributed by atoms with Crippen LogP contribution in [0.25, 0.3) is 0 Å². The van der Waals surface area contributed by atoms with Gasteiger partial charge in [-0.1, -0.05) is 25.4 Å². The Morgan fingerprint density at radius 2 is 2.06 bits per heavy atom. The van der Waals surface area contributed by atoms with Crippen molar-refractivity contribution >= 4 is 17.3 Å². The fraction of sp³-hybridized carbons (Fsp3) is 0.462. The van der Waals surface area contributed by atoms with E-state index >= 15 is 0 Å². The highest BCUT2D eigenvalue weighted by atomic mass is 35.5. The van der Waals surface area contributed by atoms with E-state index in [4.69, 9.17) is 16.9 Å². The minimum atomic E-state index is 0.406. The Morgan fingerprint density at radius 3 is 2.56 bits per heavy atom. The van der Waals surface area contributed by atoms with Crippen LogP contribution in [0.1, 0.15) is 32.8 Å². The van der Waals surface area contributed by atoms with Gasteiger partial charge in [0.25, 0.3) is 0 Å². The van der Waals surface area contributed by atoms with Gasteiger partial charge < -0.3 is 5.32 Å². The van der Waals surface area contributed by atoms with Crippen LogP contribution in [0.4, 0.5) is 5.69 Å². The second-order valence-electron chi connectivity index (χ2n) is 4.48. The molecular formula is C13H17ClN2. The number of anilines is 1. The molecule has 1 atom stereocenters. The molecule has 0 aliphatic heterocycles. The molecule has 0 amide bonds. The average molecular weight is 237 g/mol. The molecule has 1 N–H and O–H groups in total. The smallest absolute Gasteiger partial charge is 0.101 e. The number of hydrogen-bond acceptors (Lipinski definition) is 2. The van der Waals surface area contributed by atoms with Crippen LogP contribution in [0.15, 0.2) is 18.2 Å². The lowest BCUT2D eigenvalue weighted by molar-refractivity contribution is 0.540. The van der Waals surface area contributed by atoms with Crippen molar-refractivity contribution in [1.82, 2.24) is 0 Å². The monoisotopic (exact) mass is 236 g/mol. The normalized spacial score (nSPS) is 12.2. The van der Waals surface area contributed by atoms with Crippen molar-refractivity contribution < 1.29 is 0 Å². The number of rotatable bonds is 4. The Labute approximate surface area is 102 Å². The first-order valence-corrected chi connectivity index (χ1v) is 5.87. The maximum absolute atomic E-state index is 8.76. The van der Waals surface area contributed by atoms with Gasteiger partial charge in [-0.3, -0.25) is 0 Å². The molecule has 0 saturated heterocycles. The Morgan fingerprint density at radius 1 is 1.38 bits per heavy atom. The molecule has 1 aromatic rings. The molecule has 86 valence electrons. The van der Waals surface area contributed by atoms with E-state index < -0.39 is 0 Å². The number of benzene rings is 1. The van der Waals surface area contributed by atoms with E-state index in [0.29, 0.717) is 22.5 Å². The molecule has 0 radical (unpaired) electrons. The van der Waals surface area contributed by atoms with Gasteiger partial charge in [0.2, 0.25) is 0 Å². The lowest BCUT2D eigenvalue weighted by atomic mass is 10.0. The topological polar surface area (TPSA) is 35.8 Å². The zero-order valence-corrected chi connectivity index (χ0v) is 10.7. The van der Waals surface area contributed by atoms with Crippen molar-refractivity contribution in [3.63, 3.8) is 0 Å². The Balaban J connectivity index is 2.69. The predicted octanol–water partition coefficient (Wildman–Crippen LogP) is 4.06. The standard InChI is InChI=1S/C13H17ClN2/c1-9(2)6-10(3)16-12-5-4-11(8-15)13(14)7-12/h4-5,7,9-10,16H,6H2,1-3H3. The maximum atomic E-state index is 8.76. The Hall–Kier alpha value is -1.20. The SMILES string of the molecule is CC(C)CC(C)Nc1ccc(C#N)c(Cl)c1. The highest BCUT2D eigenvalue weighted by molar-refractivity contribution is 6.32. The molecule has 1 unspecified atom stereocenters. The first kappa shape index (κ1) is 12.9. The Kier molecular flexibility index (Phi) is 4.64. The van der Waals surface area contributed by atoms with E-state index in [1.54, 1.807) is 12.1 Å². The fourth-order valence-electron chi connectivity index (χ4n) is 1.75. The van der Waals surface area contributed by atoms with Crippen LogP contribution in [0, 0.1) is 17.2 Å². The summed E-state index contributed by atoms with van der Waals surface area (Å²) in [5, 5.41) is 12.6. The van der Waals surface area contributed by atoms with E-state index in [1.165, 1.54) is 0 Å². The van der Waals surface area contributed by atoms with Crippen LogP contribution >= 0.6 is 11.6 Å². The van der Waals surface area contributed by atoms with Gasteiger partial charge in [-0.05, 0) is 37.5 Å². The van der Waals surface area contributed by atoms with E-state index in [9.17, 15) is 0 Å². The van der Waals surface area contributed by atoms with E-state index in [0.717, 1.165) is 12.1 Å². The van der Waals surface area contributed by atoms with Crippen LogP contribution in [-0.4, -0.2) is 6.04 Å². The predicted molar refractivity (Wildman–Crippen MR) is 68.7 cm³/mol. The van der Waals surface area contributed by atoms with Crippen LogP contribution in [0.5, 0.6) is 0 Å². The fourth-order valence-corrected chi connectivity index (χ4v) is 1.97. The number of nitriles is 1. The maximum Gasteiger partial charge on any atom is 0.101 e. The van der Waals surface area contributed by atoms with E-state index in [1.807, 2.05) is 12.1 Å². The highest BCUT2D eigenvalue weighted by Gasteiger charge is 2.06. The summed E-state index contributed by atoms with van der Waals surface area (Å²) in [6.45, 7) is 6.54. The van der Waals surface area contributed by atoms with Crippen LogP contribution in [-0.2, 0) is 0 Å². The third kappa shape index (κ3) is 3.75. The van der Waals surface area contributed by atoms with Crippen molar-refractivity contribution in [2.24, 2.45) is 5.92 Å². The van der Waals surface area contributed by atoms with E-state index in [-0.39, 0.29) is 0 Å². The summed E-state index contributed by atoms with van der Waals surface area (Å²) in [5.41, 5.74) is 1.49. The van der Waals surface area contributed by atoms with Gasteiger partial charge in [0.1, 0.15) is 6.07 Å². The van der Waals surface area contributed by atoms with Gasteiger partial charge in [-0.25, -0.2) is 0 Å². The minimum absolute atomic E-state index is 0.406. The molecule has 1 aromatic carbocycles. The molecule has 0 aliphatic carbocycles. The lowest BCUT2D eigenvalue weighted by Gasteiger charge is -2.17. The summed E-state index contributed by atoms with van der Waals surface area (Å²) < 4.78 is 0. The second-order valence-corrected chi connectivity index (χ2v) is 4.89. The van der Waals surface area contributed by atoms with Gasteiger partial charge in [0, 0.05) is 11.7 Å². The minimum Gasteiger partial charge on any atom is -0.383 e. The molecule has 0 spiro atoms. The summed E-state index contributed by atoms with van der Waals surface area (Å²) in [6, 6.07) is 7.89.